The summed E-state index contributed by atoms with van der Waals surface area (Å²) < 4.78 is 53.0. The Morgan fingerprint density at radius 2 is 1.73 bits per heavy atom. The molecule has 1 aliphatic heterocycles. The number of esters is 1. The molecule has 168 valence electrons. The fourth-order valence-corrected chi connectivity index (χ4v) is 3.85. The molecule has 5 nitrogen and oxygen atoms in total. The second-order valence-electron chi connectivity index (χ2n) is 7.62. The van der Waals surface area contributed by atoms with E-state index < -0.39 is 29.7 Å². The summed E-state index contributed by atoms with van der Waals surface area (Å²) in [5.41, 5.74) is -3.40. The van der Waals surface area contributed by atoms with Crippen molar-refractivity contribution in [2.45, 2.75) is 69.7 Å². The van der Waals surface area contributed by atoms with E-state index in [4.69, 9.17) is 9.47 Å². The van der Waals surface area contributed by atoms with Gasteiger partial charge in [-0.2, -0.15) is 13.2 Å². The second-order valence-corrected chi connectivity index (χ2v) is 7.62. The zero-order chi connectivity index (χ0) is 22.2. The maximum Gasteiger partial charge on any atom is 0.430 e. The number of hydrogen-bond acceptors (Lipinski definition) is 4. The van der Waals surface area contributed by atoms with Crippen LogP contribution in [0.25, 0.3) is 0 Å². The smallest absolute Gasteiger partial charge is 0.430 e. The Morgan fingerprint density at radius 1 is 1.10 bits per heavy atom. The SMILES string of the molecule is CO[C@@](C(=O)N1CCOC(=O)CCCCCCC[C@H]1C)(c1ccccc1)C(F)(F)F. The predicted octanol–water partition coefficient (Wildman–Crippen LogP) is 4.60. The van der Waals surface area contributed by atoms with E-state index in [0.717, 1.165) is 44.1 Å². The van der Waals surface area contributed by atoms with Crippen LogP contribution in [0.4, 0.5) is 13.2 Å². The summed E-state index contributed by atoms with van der Waals surface area (Å²) in [5.74, 6) is -1.59. The number of methoxy groups -OCH3 is 1. The van der Waals surface area contributed by atoms with Crippen molar-refractivity contribution in [1.29, 1.82) is 0 Å². The molecule has 0 aromatic heterocycles. The molecule has 0 spiro atoms. The molecule has 0 saturated carbocycles. The zero-order valence-corrected chi connectivity index (χ0v) is 17.5. The number of amides is 1. The average Bonchev–Trinajstić information content (AvgIpc) is 2.71. The van der Waals surface area contributed by atoms with Crippen LogP contribution in [-0.2, 0) is 24.7 Å². The molecule has 8 heteroatoms. The maximum absolute atomic E-state index is 14.3. The number of halogens is 3. The predicted molar refractivity (Wildman–Crippen MR) is 106 cm³/mol. The summed E-state index contributed by atoms with van der Waals surface area (Å²) in [6.07, 6.45) is 0.114. The Kier molecular flexibility index (Phi) is 8.70. The van der Waals surface area contributed by atoms with E-state index in [2.05, 4.69) is 0 Å². The topological polar surface area (TPSA) is 55.8 Å². The van der Waals surface area contributed by atoms with Crippen molar-refractivity contribution in [2.24, 2.45) is 0 Å². The molecule has 2 atom stereocenters. The van der Waals surface area contributed by atoms with Crippen LogP contribution in [0.2, 0.25) is 0 Å². The van der Waals surface area contributed by atoms with E-state index in [1.807, 2.05) is 0 Å². The third-order valence-corrected chi connectivity index (χ3v) is 5.58. The van der Waals surface area contributed by atoms with Gasteiger partial charge in [-0.15, -0.1) is 0 Å². The third-order valence-electron chi connectivity index (χ3n) is 5.58. The Morgan fingerprint density at radius 3 is 2.37 bits per heavy atom. The monoisotopic (exact) mass is 429 g/mol. The molecule has 1 saturated heterocycles. The molecule has 0 bridgehead atoms. The van der Waals surface area contributed by atoms with Gasteiger partial charge >= 0.3 is 12.1 Å². The first-order valence-electron chi connectivity index (χ1n) is 10.4. The minimum atomic E-state index is -4.97. The first kappa shape index (κ1) is 24.2. The van der Waals surface area contributed by atoms with Gasteiger partial charge in [0.1, 0.15) is 6.61 Å². The standard InChI is InChI=1S/C22H30F3NO4/c1-17-11-7-4-3-5-10-14-19(27)30-16-15-26(17)20(28)21(29-2,22(23,24)25)18-12-8-6-9-13-18/h6,8-9,12-13,17H,3-5,7,10-11,14-16H2,1-2H3/t17-,21-/m1/s1. The highest BCUT2D eigenvalue weighted by molar-refractivity contribution is 5.88. The number of rotatable bonds is 3. The maximum atomic E-state index is 14.3. The highest BCUT2D eigenvalue weighted by Gasteiger charge is 2.64. The minimum Gasteiger partial charge on any atom is -0.464 e. The normalized spacial score (nSPS) is 22.1. The van der Waals surface area contributed by atoms with Crippen LogP contribution in [0.1, 0.15) is 57.4 Å². The zero-order valence-electron chi connectivity index (χ0n) is 17.5. The molecule has 1 amide bonds. The van der Waals surface area contributed by atoms with Gasteiger partial charge in [-0.1, -0.05) is 56.0 Å². The van der Waals surface area contributed by atoms with E-state index in [1.54, 1.807) is 13.0 Å². The molecule has 2 rings (SSSR count). The number of carbonyl (C=O) groups excluding carboxylic acids is 2. The molecule has 1 aromatic rings. The van der Waals surface area contributed by atoms with Gasteiger partial charge in [0.15, 0.2) is 0 Å². The molecule has 1 aromatic carbocycles. The second kappa shape index (κ2) is 10.8. The largest absolute Gasteiger partial charge is 0.464 e. The van der Waals surface area contributed by atoms with Gasteiger partial charge in [-0.25, -0.2) is 0 Å². The van der Waals surface area contributed by atoms with Crippen LogP contribution in [-0.4, -0.2) is 49.3 Å². The molecule has 0 aliphatic carbocycles. The van der Waals surface area contributed by atoms with Crippen molar-refractivity contribution in [1.82, 2.24) is 4.90 Å². The molecule has 0 unspecified atom stereocenters. The van der Waals surface area contributed by atoms with Gasteiger partial charge in [-0.3, -0.25) is 9.59 Å². The van der Waals surface area contributed by atoms with E-state index in [9.17, 15) is 22.8 Å². The van der Waals surface area contributed by atoms with E-state index in [1.165, 1.54) is 24.3 Å². The number of cyclic esters (lactones) is 1. The lowest BCUT2D eigenvalue weighted by atomic mass is 9.90. The van der Waals surface area contributed by atoms with Crippen LogP contribution >= 0.6 is 0 Å². The highest BCUT2D eigenvalue weighted by Crippen LogP contribution is 2.43. The van der Waals surface area contributed by atoms with Crippen molar-refractivity contribution in [3.63, 3.8) is 0 Å². The van der Waals surface area contributed by atoms with E-state index in [-0.39, 0.29) is 25.1 Å². The highest BCUT2D eigenvalue weighted by atomic mass is 19.4. The summed E-state index contributed by atoms with van der Waals surface area (Å²) in [6.45, 7) is 1.45. The first-order chi connectivity index (χ1) is 14.2. The van der Waals surface area contributed by atoms with Crippen LogP contribution in [0.3, 0.4) is 0 Å². The van der Waals surface area contributed by atoms with E-state index in [0.29, 0.717) is 6.42 Å². The van der Waals surface area contributed by atoms with Crippen LogP contribution in [0, 0.1) is 0 Å². The van der Waals surface area contributed by atoms with Gasteiger partial charge < -0.3 is 14.4 Å². The summed E-state index contributed by atoms with van der Waals surface area (Å²) in [7, 11) is 0.893. The first-order valence-corrected chi connectivity index (χ1v) is 10.4. The molecule has 0 N–H and O–H groups in total. The number of hydrogen-bond donors (Lipinski definition) is 0. The quantitative estimate of drug-likeness (QED) is 0.660. The van der Waals surface area contributed by atoms with Crippen molar-refractivity contribution < 1.29 is 32.2 Å². The molecule has 1 heterocycles. The molecule has 30 heavy (non-hydrogen) atoms. The fraction of sp³-hybridized carbons (Fsp3) is 0.636. The van der Waals surface area contributed by atoms with Gasteiger partial charge in [0.05, 0.1) is 6.54 Å². The molecule has 1 aliphatic rings. The summed E-state index contributed by atoms with van der Waals surface area (Å²) in [4.78, 5) is 26.4. The molecule has 0 radical (unpaired) electrons. The number of ether oxygens (including phenoxy) is 2. The fourth-order valence-electron chi connectivity index (χ4n) is 3.85. The van der Waals surface area contributed by atoms with Crippen LogP contribution in [0.5, 0.6) is 0 Å². The van der Waals surface area contributed by atoms with Crippen LogP contribution < -0.4 is 0 Å². The lowest BCUT2D eigenvalue weighted by Gasteiger charge is -2.40. The summed E-state index contributed by atoms with van der Waals surface area (Å²) in [5, 5.41) is 0. The summed E-state index contributed by atoms with van der Waals surface area (Å²) >= 11 is 0. The Labute approximate surface area is 175 Å². The minimum absolute atomic E-state index is 0.125. The summed E-state index contributed by atoms with van der Waals surface area (Å²) in [6, 6.07) is 6.46. The Balaban J connectivity index is 2.39. The number of carbonyl (C=O) groups is 2. The Bertz CT molecular complexity index is 695. The molecular weight excluding hydrogens is 399 g/mol. The van der Waals surface area contributed by atoms with Crippen molar-refractivity contribution >= 4 is 11.9 Å². The number of alkyl halides is 3. The van der Waals surface area contributed by atoms with Gasteiger partial charge in [-0.05, 0) is 19.8 Å². The lowest BCUT2D eigenvalue weighted by Crippen LogP contribution is -2.59. The van der Waals surface area contributed by atoms with Gasteiger partial charge in [0, 0.05) is 25.1 Å². The van der Waals surface area contributed by atoms with Crippen LogP contribution in [0.15, 0.2) is 30.3 Å². The molecule has 1 fully saturated rings. The van der Waals surface area contributed by atoms with Crippen molar-refractivity contribution in [2.75, 3.05) is 20.3 Å². The molecular formula is C22H30F3NO4. The van der Waals surface area contributed by atoms with E-state index >= 15 is 0 Å². The van der Waals surface area contributed by atoms with Crippen molar-refractivity contribution in [3.05, 3.63) is 35.9 Å². The third kappa shape index (κ3) is 5.53. The Hall–Kier alpha value is -2.09. The average molecular weight is 429 g/mol. The van der Waals surface area contributed by atoms with Gasteiger partial charge in [0.25, 0.3) is 11.5 Å². The number of nitrogens with zero attached hydrogens (tertiary/aromatic N) is 1. The number of benzene rings is 1. The van der Waals surface area contributed by atoms with Gasteiger partial charge in [0.2, 0.25) is 0 Å². The van der Waals surface area contributed by atoms with Crippen molar-refractivity contribution in [3.8, 4) is 0 Å². The lowest BCUT2D eigenvalue weighted by molar-refractivity contribution is -0.271.